The van der Waals surface area contributed by atoms with Gasteiger partial charge in [0.2, 0.25) is 0 Å². The molecule has 2 aromatic rings. The minimum absolute atomic E-state index is 0.0579. The maximum absolute atomic E-state index is 10.7. The summed E-state index contributed by atoms with van der Waals surface area (Å²) >= 11 is 3.36. The number of aryl methyl sites for hydroxylation is 1. The quantitative estimate of drug-likeness (QED) is 0.689. The Balaban J connectivity index is 2.12. The SMILES string of the molecule is Cc1ccc(CNc2cc([N+](=O)[O-])ccc2Br)nc1. The molecular weight excluding hydrogens is 310 g/mol. The Hall–Kier alpha value is -1.95. The summed E-state index contributed by atoms with van der Waals surface area (Å²) in [6, 6.07) is 8.51. The van der Waals surface area contributed by atoms with E-state index in [0.29, 0.717) is 12.2 Å². The normalized spacial score (nSPS) is 10.2. The highest BCUT2D eigenvalue weighted by Crippen LogP contribution is 2.27. The van der Waals surface area contributed by atoms with Gasteiger partial charge < -0.3 is 5.32 Å². The summed E-state index contributed by atoms with van der Waals surface area (Å²) in [5.41, 5.74) is 2.71. The molecule has 0 aliphatic rings. The van der Waals surface area contributed by atoms with Gasteiger partial charge >= 0.3 is 0 Å². The maximum Gasteiger partial charge on any atom is 0.271 e. The van der Waals surface area contributed by atoms with Crippen molar-refractivity contribution in [1.29, 1.82) is 0 Å². The Labute approximate surface area is 119 Å². The van der Waals surface area contributed by atoms with Gasteiger partial charge in [0.25, 0.3) is 5.69 Å². The predicted molar refractivity (Wildman–Crippen MR) is 77.1 cm³/mol. The molecule has 0 saturated heterocycles. The minimum atomic E-state index is -0.415. The molecule has 19 heavy (non-hydrogen) atoms. The van der Waals surface area contributed by atoms with Crippen LogP contribution in [0.3, 0.4) is 0 Å². The molecule has 98 valence electrons. The van der Waals surface area contributed by atoms with Crippen molar-refractivity contribution in [3.8, 4) is 0 Å². The molecule has 0 amide bonds. The molecule has 0 aliphatic heterocycles. The van der Waals surface area contributed by atoms with E-state index >= 15 is 0 Å². The lowest BCUT2D eigenvalue weighted by molar-refractivity contribution is -0.384. The molecule has 0 atom stereocenters. The van der Waals surface area contributed by atoms with Crippen LogP contribution in [0.25, 0.3) is 0 Å². The van der Waals surface area contributed by atoms with Crippen LogP contribution in [0, 0.1) is 17.0 Å². The van der Waals surface area contributed by atoms with E-state index < -0.39 is 4.92 Å². The highest BCUT2D eigenvalue weighted by Gasteiger charge is 2.09. The zero-order valence-electron chi connectivity index (χ0n) is 10.3. The molecule has 0 unspecified atom stereocenters. The molecule has 1 aromatic carbocycles. The van der Waals surface area contributed by atoms with Crippen LogP contribution < -0.4 is 5.32 Å². The number of anilines is 1. The number of hydrogen-bond donors (Lipinski definition) is 1. The molecule has 1 heterocycles. The maximum atomic E-state index is 10.7. The van der Waals surface area contributed by atoms with Crippen LogP contribution in [0.15, 0.2) is 41.0 Å². The van der Waals surface area contributed by atoms with Gasteiger partial charge in [-0.25, -0.2) is 0 Å². The number of pyridine rings is 1. The van der Waals surface area contributed by atoms with Crippen LogP contribution in [0.1, 0.15) is 11.3 Å². The molecule has 5 nitrogen and oxygen atoms in total. The summed E-state index contributed by atoms with van der Waals surface area (Å²) in [5, 5.41) is 13.9. The van der Waals surface area contributed by atoms with Crippen molar-refractivity contribution in [3.63, 3.8) is 0 Å². The Morgan fingerprint density at radius 3 is 2.79 bits per heavy atom. The zero-order chi connectivity index (χ0) is 13.8. The Bertz CT molecular complexity index is 599. The monoisotopic (exact) mass is 321 g/mol. The largest absolute Gasteiger partial charge is 0.378 e. The van der Waals surface area contributed by atoms with Crippen molar-refractivity contribution in [2.45, 2.75) is 13.5 Å². The third kappa shape index (κ3) is 3.51. The van der Waals surface area contributed by atoms with Gasteiger partial charge in [0.1, 0.15) is 0 Å². The van der Waals surface area contributed by atoms with Gasteiger partial charge in [-0.3, -0.25) is 15.1 Å². The standard InChI is InChI=1S/C13H12BrN3O2/c1-9-2-3-10(15-7-9)8-16-13-6-11(17(18)19)4-5-12(13)14/h2-7,16H,8H2,1H3. The first-order valence-corrected chi connectivity index (χ1v) is 6.45. The highest BCUT2D eigenvalue weighted by atomic mass is 79.9. The lowest BCUT2D eigenvalue weighted by atomic mass is 10.2. The van der Waals surface area contributed by atoms with E-state index in [0.717, 1.165) is 15.7 Å². The minimum Gasteiger partial charge on any atom is -0.378 e. The van der Waals surface area contributed by atoms with Crippen LogP contribution in [0.2, 0.25) is 0 Å². The van der Waals surface area contributed by atoms with Crippen molar-refractivity contribution >= 4 is 27.3 Å². The molecule has 1 aromatic heterocycles. The summed E-state index contributed by atoms with van der Waals surface area (Å²) < 4.78 is 0.783. The first kappa shape index (κ1) is 13.5. The highest BCUT2D eigenvalue weighted by molar-refractivity contribution is 9.10. The van der Waals surface area contributed by atoms with Gasteiger partial charge in [0.15, 0.2) is 0 Å². The van der Waals surface area contributed by atoms with Crippen LogP contribution >= 0.6 is 15.9 Å². The van der Waals surface area contributed by atoms with Crippen molar-refractivity contribution in [3.05, 3.63) is 62.4 Å². The van der Waals surface area contributed by atoms with Crippen LogP contribution in [-0.4, -0.2) is 9.91 Å². The number of halogens is 1. The molecule has 0 fully saturated rings. The molecule has 1 N–H and O–H groups in total. The Kier molecular flexibility index (Phi) is 4.11. The number of nitro benzene ring substituents is 1. The molecule has 0 bridgehead atoms. The molecule has 6 heteroatoms. The fourth-order valence-corrected chi connectivity index (χ4v) is 1.94. The second-order valence-corrected chi connectivity index (χ2v) is 4.96. The first-order chi connectivity index (χ1) is 9.06. The number of aromatic nitrogens is 1. The second kappa shape index (κ2) is 5.79. The summed E-state index contributed by atoms with van der Waals surface area (Å²) in [6.07, 6.45) is 1.79. The Morgan fingerprint density at radius 2 is 2.16 bits per heavy atom. The van der Waals surface area contributed by atoms with Gasteiger partial charge in [0, 0.05) is 22.8 Å². The molecule has 0 radical (unpaired) electrons. The predicted octanol–water partition coefficient (Wildman–Crippen LogP) is 3.67. The van der Waals surface area contributed by atoms with E-state index in [-0.39, 0.29) is 5.69 Å². The lowest BCUT2D eigenvalue weighted by Crippen LogP contribution is -2.02. The summed E-state index contributed by atoms with van der Waals surface area (Å²) in [6.45, 7) is 2.49. The van der Waals surface area contributed by atoms with Gasteiger partial charge in [-0.1, -0.05) is 6.07 Å². The molecule has 0 saturated carbocycles. The summed E-state index contributed by atoms with van der Waals surface area (Å²) in [5.74, 6) is 0. The average molecular weight is 322 g/mol. The smallest absolute Gasteiger partial charge is 0.271 e. The van der Waals surface area contributed by atoms with Crippen LogP contribution in [0.5, 0.6) is 0 Å². The van der Waals surface area contributed by atoms with Crippen molar-refractivity contribution < 1.29 is 4.92 Å². The van der Waals surface area contributed by atoms with Crippen LogP contribution in [-0.2, 0) is 6.54 Å². The number of hydrogen-bond acceptors (Lipinski definition) is 4. The fourth-order valence-electron chi connectivity index (χ4n) is 1.55. The first-order valence-electron chi connectivity index (χ1n) is 5.65. The third-order valence-corrected chi connectivity index (χ3v) is 3.28. The van der Waals surface area contributed by atoms with Gasteiger partial charge in [-0.2, -0.15) is 0 Å². The molecular formula is C13H12BrN3O2. The fraction of sp³-hybridized carbons (Fsp3) is 0.154. The topological polar surface area (TPSA) is 68.1 Å². The van der Waals surface area contributed by atoms with Crippen LogP contribution in [0.4, 0.5) is 11.4 Å². The number of nitrogens with zero attached hydrogens (tertiary/aromatic N) is 2. The van der Waals surface area contributed by atoms with E-state index in [1.807, 2.05) is 19.1 Å². The third-order valence-electron chi connectivity index (χ3n) is 2.59. The van der Waals surface area contributed by atoms with E-state index in [2.05, 4.69) is 26.2 Å². The summed E-state index contributed by atoms with van der Waals surface area (Å²) in [4.78, 5) is 14.6. The molecule has 2 rings (SSSR count). The molecule has 0 aliphatic carbocycles. The van der Waals surface area contributed by atoms with E-state index in [1.165, 1.54) is 12.1 Å². The number of benzene rings is 1. The number of rotatable bonds is 4. The zero-order valence-corrected chi connectivity index (χ0v) is 11.8. The van der Waals surface area contributed by atoms with Gasteiger partial charge in [-0.15, -0.1) is 0 Å². The number of nitrogens with one attached hydrogen (secondary N) is 1. The average Bonchev–Trinajstić information content (AvgIpc) is 2.39. The van der Waals surface area contributed by atoms with Crippen molar-refractivity contribution in [2.24, 2.45) is 0 Å². The van der Waals surface area contributed by atoms with E-state index in [9.17, 15) is 10.1 Å². The van der Waals surface area contributed by atoms with Crippen molar-refractivity contribution in [1.82, 2.24) is 4.98 Å². The second-order valence-electron chi connectivity index (χ2n) is 4.10. The number of nitro groups is 1. The van der Waals surface area contributed by atoms with E-state index in [1.54, 1.807) is 12.3 Å². The number of non-ortho nitro benzene ring substituents is 1. The van der Waals surface area contributed by atoms with E-state index in [4.69, 9.17) is 0 Å². The molecule has 0 spiro atoms. The van der Waals surface area contributed by atoms with Gasteiger partial charge in [0.05, 0.1) is 22.8 Å². The Morgan fingerprint density at radius 1 is 1.37 bits per heavy atom. The van der Waals surface area contributed by atoms with Crippen molar-refractivity contribution in [2.75, 3.05) is 5.32 Å². The lowest BCUT2D eigenvalue weighted by Gasteiger charge is -2.08. The van der Waals surface area contributed by atoms with Gasteiger partial charge in [-0.05, 0) is 40.5 Å². The summed E-state index contributed by atoms with van der Waals surface area (Å²) in [7, 11) is 0.